The molecule has 4 aromatic rings. The van der Waals surface area contributed by atoms with Crippen LogP contribution in [0.25, 0.3) is 0 Å². The first kappa shape index (κ1) is 21.2. The lowest BCUT2D eigenvalue weighted by Crippen LogP contribution is -2.32. The van der Waals surface area contributed by atoms with Gasteiger partial charge in [-0.15, -0.1) is 0 Å². The van der Waals surface area contributed by atoms with E-state index in [2.05, 4.69) is 0 Å². The molecule has 0 aliphatic carbocycles. The van der Waals surface area contributed by atoms with Crippen LogP contribution in [0, 0.1) is 5.82 Å². The van der Waals surface area contributed by atoms with Gasteiger partial charge in [-0.2, -0.15) is 5.06 Å². The highest BCUT2D eigenvalue weighted by Crippen LogP contribution is 2.58. The Morgan fingerprint density at radius 2 is 1.26 bits per heavy atom. The van der Waals surface area contributed by atoms with Gasteiger partial charge >= 0.3 is 0 Å². The summed E-state index contributed by atoms with van der Waals surface area (Å²) in [7, 11) is -3.46. The number of benzene rings is 4. The fourth-order valence-electron chi connectivity index (χ4n) is 3.82. The fraction of sp³-hybridized carbons (Fsp3) is 0.0769. The predicted octanol–water partition coefficient (Wildman–Crippen LogP) is 5.73. The molecule has 1 unspecified atom stereocenters. The Morgan fingerprint density at radius 3 is 1.77 bits per heavy atom. The zero-order chi connectivity index (χ0) is 21.7. The van der Waals surface area contributed by atoms with Gasteiger partial charge in [-0.3, -0.25) is 0 Å². The van der Waals surface area contributed by atoms with E-state index in [1.807, 2.05) is 66.7 Å². The summed E-state index contributed by atoms with van der Waals surface area (Å²) in [6, 6.07) is 33.6. The first-order chi connectivity index (χ1) is 15.1. The van der Waals surface area contributed by atoms with Gasteiger partial charge in [-0.05, 0) is 23.3 Å². The Kier molecular flexibility index (Phi) is 6.43. The molecule has 156 valence electrons. The average Bonchev–Trinajstić information content (AvgIpc) is 2.81. The normalized spacial score (nSPS) is 12.6. The summed E-state index contributed by atoms with van der Waals surface area (Å²) in [4.78, 5) is 0. The zero-order valence-corrected chi connectivity index (χ0v) is 17.8. The van der Waals surface area contributed by atoms with Crippen molar-refractivity contribution < 1.29 is 14.2 Å². The predicted molar refractivity (Wildman–Crippen MR) is 123 cm³/mol. The highest BCUT2D eigenvalue weighted by Gasteiger charge is 2.41. The van der Waals surface area contributed by atoms with Crippen LogP contribution >= 0.6 is 7.14 Å². The smallest absolute Gasteiger partial charge is 0.166 e. The number of nitrogens with zero attached hydrogens (tertiary/aromatic N) is 1. The largest absolute Gasteiger partial charge is 0.313 e. The molecule has 31 heavy (non-hydrogen) atoms. The molecule has 0 bridgehead atoms. The molecule has 0 aliphatic heterocycles. The third kappa shape index (κ3) is 4.52. The molecular formula is C26H23FNO2P. The molecule has 0 saturated carbocycles. The molecule has 4 aromatic carbocycles. The van der Waals surface area contributed by atoms with Crippen molar-refractivity contribution in [3.05, 3.63) is 132 Å². The second-order valence-corrected chi connectivity index (χ2v) is 10.2. The van der Waals surface area contributed by atoms with Crippen LogP contribution in [0.2, 0.25) is 0 Å². The molecule has 0 spiro atoms. The minimum absolute atomic E-state index is 0.145. The molecule has 0 radical (unpaired) electrons. The first-order valence-electron chi connectivity index (χ1n) is 10.0. The SMILES string of the molecule is O=P(c1ccccc1)(c1ccccc1)C(c1cccc(F)c1)N(O)Cc1ccccc1. The van der Waals surface area contributed by atoms with Gasteiger partial charge in [-0.25, -0.2) is 4.39 Å². The van der Waals surface area contributed by atoms with Gasteiger partial charge in [0.05, 0.1) is 6.54 Å². The zero-order valence-electron chi connectivity index (χ0n) is 16.9. The van der Waals surface area contributed by atoms with Crippen molar-refractivity contribution >= 4 is 17.8 Å². The maximum atomic E-state index is 14.9. The Bertz CT molecular complexity index is 1130. The molecule has 5 heteroatoms. The molecule has 0 heterocycles. The topological polar surface area (TPSA) is 40.5 Å². The van der Waals surface area contributed by atoms with Crippen molar-refractivity contribution in [3.63, 3.8) is 0 Å². The van der Waals surface area contributed by atoms with Crippen molar-refractivity contribution in [2.45, 2.75) is 12.3 Å². The lowest BCUT2D eigenvalue weighted by molar-refractivity contribution is -0.114. The van der Waals surface area contributed by atoms with Crippen molar-refractivity contribution in [1.29, 1.82) is 0 Å². The summed E-state index contributed by atoms with van der Waals surface area (Å²) in [5, 5.41) is 13.6. The summed E-state index contributed by atoms with van der Waals surface area (Å²) in [5.41, 5.74) is 1.31. The summed E-state index contributed by atoms with van der Waals surface area (Å²) in [6.45, 7) is 0.145. The lowest BCUT2D eigenvalue weighted by Gasteiger charge is -2.34. The third-order valence-electron chi connectivity index (χ3n) is 5.24. The van der Waals surface area contributed by atoms with Gasteiger partial charge in [0.25, 0.3) is 0 Å². The second-order valence-electron chi connectivity index (χ2n) is 7.34. The van der Waals surface area contributed by atoms with E-state index >= 15 is 0 Å². The summed E-state index contributed by atoms with van der Waals surface area (Å²) < 4.78 is 29.2. The number of halogens is 1. The second kappa shape index (κ2) is 9.40. The third-order valence-corrected chi connectivity index (χ3v) is 8.62. The van der Waals surface area contributed by atoms with Crippen molar-refractivity contribution in [1.82, 2.24) is 5.06 Å². The van der Waals surface area contributed by atoms with Crippen molar-refractivity contribution in [2.75, 3.05) is 0 Å². The summed E-state index contributed by atoms with van der Waals surface area (Å²) in [5.74, 6) is -1.41. The van der Waals surface area contributed by atoms with Gasteiger partial charge in [-0.1, -0.05) is 103 Å². The van der Waals surface area contributed by atoms with Gasteiger partial charge in [0.2, 0.25) is 0 Å². The number of hydroxylamine groups is 2. The lowest BCUT2D eigenvalue weighted by atomic mass is 10.2. The van der Waals surface area contributed by atoms with E-state index < -0.39 is 18.7 Å². The van der Waals surface area contributed by atoms with Crippen LogP contribution in [-0.2, 0) is 11.1 Å². The van der Waals surface area contributed by atoms with Gasteiger partial charge in [0.1, 0.15) is 11.6 Å². The van der Waals surface area contributed by atoms with E-state index in [1.165, 1.54) is 12.1 Å². The van der Waals surface area contributed by atoms with Crippen LogP contribution in [-0.4, -0.2) is 10.3 Å². The molecule has 3 nitrogen and oxygen atoms in total. The van der Waals surface area contributed by atoms with Crippen LogP contribution in [0.4, 0.5) is 4.39 Å². The molecule has 1 N–H and O–H groups in total. The van der Waals surface area contributed by atoms with Crippen LogP contribution in [0.1, 0.15) is 16.9 Å². The Morgan fingerprint density at radius 1 is 0.742 bits per heavy atom. The van der Waals surface area contributed by atoms with Crippen molar-refractivity contribution in [2.24, 2.45) is 0 Å². The van der Waals surface area contributed by atoms with Gasteiger partial charge < -0.3 is 9.77 Å². The van der Waals surface area contributed by atoms with E-state index in [0.29, 0.717) is 16.2 Å². The quantitative estimate of drug-likeness (QED) is 0.300. The maximum Gasteiger partial charge on any atom is 0.166 e. The van der Waals surface area contributed by atoms with Crippen LogP contribution in [0.5, 0.6) is 0 Å². The average molecular weight is 431 g/mol. The molecule has 0 aromatic heterocycles. The Hall–Kier alpha value is -3.04. The highest BCUT2D eigenvalue weighted by molar-refractivity contribution is 7.78. The number of hydrogen-bond donors (Lipinski definition) is 1. The molecule has 0 amide bonds. The van der Waals surface area contributed by atoms with Crippen molar-refractivity contribution in [3.8, 4) is 0 Å². The first-order valence-corrected chi connectivity index (χ1v) is 11.8. The minimum Gasteiger partial charge on any atom is -0.313 e. The molecule has 1 atom stereocenters. The number of hydrogen-bond acceptors (Lipinski definition) is 3. The molecular weight excluding hydrogens is 408 g/mol. The Balaban J connectivity index is 1.91. The minimum atomic E-state index is -3.46. The summed E-state index contributed by atoms with van der Waals surface area (Å²) in [6.07, 6.45) is 0. The molecule has 4 rings (SSSR count). The fourth-order valence-corrected chi connectivity index (χ4v) is 6.95. The van der Waals surface area contributed by atoms with E-state index in [-0.39, 0.29) is 6.54 Å². The maximum absolute atomic E-state index is 14.9. The van der Waals surface area contributed by atoms with E-state index in [4.69, 9.17) is 0 Å². The van der Waals surface area contributed by atoms with Gasteiger partial charge in [0, 0.05) is 10.6 Å². The Labute approximate surface area is 181 Å². The highest BCUT2D eigenvalue weighted by atomic mass is 31.2. The number of rotatable bonds is 7. The van der Waals surface area contributed by atoms with E-state index in [1.54, 1.807) is 36.4 Å². The monoisotopic (exact) mass is 431 g/mol. The molecule has 0 fully saturated rings. The molecule has 0 saturated heterocycles. The standard InChI is InChI=1S/C26H23FNO2P/c27-23-14-10-13-22(19-23)26(28(29)20-21-11-4-1-5-12-21)31(30,24-15-6-2-7-16-24)25-17-8-3-9-18-25/h1-19,26,29H,20H2. The van der Waals surface area contributed by atoms with E-state index in [9.17, 15) is 14.2 Å². The molecule has 0 aliphatic rings. The summed E-state index contributed by atoms with van der Waals surface area (Å²) >= 11 is 0. The van der Waals surface area contributed by atoms with Gasteiger partial charge in [0.15, 0.2) is 7.14 Å². The van der Waals surface area contributed by atoms with Crippen LogP contribution in [0.15, 0.2) is 115 Å². The van der Waals surface area contributed by atoms with E-state index in [0.717, 1.165) is 10.6 Å². The van der Waals surface area contributed by atoms with Crippen LogP contribution < -0.4 is 10.6 Å². The van der Waals surface area contributed by atoms with Crippen LogP contribution in [0.3, 0.4) is 0 Å².